The van der Waals surface area contributed by atoms with E-state index >= 15 is 0 Å². The number of nitrogens with two attached hydrogens (primary N) is 1. The molecule has 0 bridgehead atoms. The van der Waals surface area contributed by atoms with Gasteiger partial charge in [0.25, 0.3) is 5.91 Å². The molecule has 1 amide bonds. The van der Waals surface area contributed by atoms with E-state index in [0.29, 0.717) is 5.57 Å². The topological polar surface area (TPSA) is 75.4 Å². The molecule has 0 saturated heterocycles. The molecule has 0 radical (unpaired) electrons. The molecule has 2 rings (SSSR count). The van der Waals surface area contributed by atoms with Gasteiger partial charge in [0.2, 0.25) is 0 Å². The zero-order valence-electron chi connectivity index (χ0n) is 28.6. The zero-order valence-corrected chi connectivity index (χ0v) is 28.6. The fourth-order valence-electron chi connectivity index (χ4n) is 3.97. The summed E-state index contributed by atoms with van der Waals surface area (Å²) < 4.78 is 0. The molecule has 0 saturated carbocycles. The molecule has 3 N–H and O–H groups in total. The van der Waals surface area contributed by atoms with Gasteiger partial charge in [-0.2, -0.15) is 0 Å². The van der Waals surface area contributed by atoms with Gasteiger partial charge < -0.3 is 16.0 Å². The predicted molar refractivity (Wildman–Crippen MR) is 190 cm³/mol. The molecule has 2 aromatic rings. The summed E-state index contributed by atoms with van der Waals surface area (Å²) in [5, 5.41) is 3.18. The van der Waals surface area contributed by atoms with Gasteiger partial charge in [-0.15, -0.1) is 0 Å². The highest BCUT2D eigenvalue weighted by Gasteiger charge is 2.15. The monoisotopic (exact) mass is 587 g/mol. The van der Waals surface area contributed by atoms with Gasteiger partial charge >= 0.3 is 0 Å². The average Bonchev–Trinajstić information content (AvgIpc) is 3.00. The molecule has 0 aliphatic rings. The second-order valence-electron chi connectivity index (χ2n) is 10.8. The van der Waals surface area contributed by atoms with Crippen LogP contribution in [-0.2, 0) is 16.0 Å². The first-order chi connectivity index (χ1) is 20.4. The van der Waals surface area contributed by atoms with Crippen molar-refractivity contribution in [3.63, 3.8) is 0 Å². The van der Waals surface area contributed by atoms with Crippen molar-refractivity contribution in [1.82, 2.24) is 4.90 Å². The number of nitrogens with zero attached hydrogens (tertiary/aromatic N) is 1. The van der Waals surface area contributed by atoms with Gasteiger partial charge in [0.15, 0.2) is 5.78 Å². The molecule has 0 atom stereocenters. The summed E-state index contributed by atoms with van der Waals surface area (Å²) in [7, 11) is 5.28. The minimum absolute atomic E-state index is 0.0556. The van der Waals surface area contributed by atoms with E-state index in [1.807, 2.05) is 57.3 Å². The zero-order chi connectivity index (χ0) is 32.9. The Hall–Kier alpha value is -3.86. The fourth-order valence-corrected chi connectivity index (χ4v) is 3.97. The van der Waals surface area contributed by atoms with Crippen LogP contribution in [0.4, 0.5) is 11.4 Å². The number of nitrogens with one attached hydrogen (secondary N) is 1. The van der Waals surface area contributed by atoms with E-state index in [0.717, 1.165) is 45.6 Å². The molecule has 43 heavy (non-hydrogen) atoms. The number of nitrogen functional groups attached to an aromatic ring is 1. The van der Waals surface area contributed by atoms with Crippen molar-refractivity contribution >= 4 is 34.2 Å². The van der Waals surface area contributed by atoms with Gasteiger partial charge in [0.1, 0.15) is 0 Å². The maximum atomic E-state index is 12.3. The summed E-state index contributed by atoms with van der Waals surface area (Å²) in [6, 6.07) is 14.2. The standard InChI is InChI=1S/C24H32N2O2.C10H15N.C4H10/c1-9-16(3)23(18(5)27)21-15-20(13-14-22(21)25-6)17(4)11-12-19(10-2)24(28)26(7)8;1-2-3-4-9-5-7-10(11)8-6-9;1-3-4-2/h10-15,25H,2,9H2,1,3-8H3;5-8H,2-4,11H2,1H3;3-4H2,1-2H3/b17-11+,19-12+,23-16?;;. The molecule has 2 aromatic carbocycles. The third-order valence-electron chi connectivity index (χ3n) is 7.01. The van der Waals surface area contributed by atoms with E-state index < -0.39 is 0 Å². The van der Waals surface area contributed by atoms with Crippen LogP contribution in [0.25, 0.3) is 11.1 Å². The number of hydrogen-bond acceptors (Lipinski definition) is 4. The fraction of sp³-hybridized carbons (Fsp3) is 0.421. The van der Waals surface area contributed by atoms with E-state index in [9.17, 15) is 9.59 Å². The second kappa shape index (κ2) is 21.8. The van der Waals surface area contributed by atoms with Crippen molar-refractivity contribution in [2.75, 3.05) is 32.2 Å². The van der Waals surface area contributed by atoms with Crippen LogP contribution in [0.5, 0.6) is 0 Å². The van der Waals surface area contributed by atoms with Gasteiger partial charge in [-0.25, -0.2) is 0 Å². The van der Waals surface area contributed by atoms with Gasteiger partial charge in [-0.1, -0.05) is 89.5 Å². The van der Waals surface area contributed by atoms with Crippen LogP contribution in [0, 0.1) is 0 Å². The number of hydrogen-bond donors (Lipinski definition) is 2. The number of rotatable bonds is 12. The number of carbonyl (C=O) groups is 2. The summed E-state index contributed by atoms with van der Waals surface area (Å²) in [6.45, 7) is 17.9. The number of ketones is 1. The van der Waals surface area contributed by atoms with E-state index in [1.165, 1.54) is 42.6 Å². The van der Waals surface area contributed by atoms with Crippen molar-refractivity contribution in [2.24, 2.45) is 0 Å². The van der Waals surface area contributed by atoms with E-state index in [2.05, 4.69) is 51.7 Å². The van der Waals surface area contributed by atoms with Gasteiger partial charge in [-0.05, 0) is 87.1 Å². The first kappa shape index (κ1) is 39.1. The van der Waals surface area contributed by atoms with Gasteiger partial charge in [0.05, 0.1) is 0 Å². The lowest BCUT2D eigenvalue weighted by Crippen LogP contribution is -2.22. The van der Waals surface area contributed by atoms with Crippen LogP contribution in [0.2, 0.25) is 0 Å². The SMILES string of the molecule is C=C/C(=C\C=C(/C)c1ccc(NC)c(C(C(C)=O)=C(C)CC)c1)C(=O)N(C)C.CCCC.CCCCc1ccc(N)cc1. The molecule has 0 spiro atoms. The number of anilines is 2. The highest BCUT2D eigenvalue weighted by molar-refractivity contribution is 6.22. The van der Waals surface area contributed by atoms with Crippen LogP contribution < -0.4 is 11.1 Å². The van der Waals surface area contributed by atoms with Gasteiger partial charge in [0, 0.05) is 49.2 Å². The third-order valence-corrected chi connectivity index (χ3v) is 7.01. The number of likely N-dealkylation sites (N-methyl/N-ethyl adjacent to an activating group) is 1. The maximum Gasteiger partial charge on any atom is 0.253 e. The minimum atomic E-state index is -0.0920. The van der Waals surface area contributed by atoms with Crippen molar-refractivity contribution in [3.8, 4) is 0 Å². The lowest BCUT2D eigenvalue weighted by molar-refractivity contribution is -0.124. The Labute approximate surface area is 262 Å². The summed E-state index contributed by atoms with van der Waals surface area (Å²) >= 11 is 0. The summed E-state index contributed by atoms with van der Waals surface area (Å²) in [5.41, 5.74) is 13.9. The van der Waals surface area contributed by atoms with Crippen LogP contribution in [-0.4, -0.2) is 37.7 Å². The van der Waals surface area contributed by atoms with Crippen LogP contribution in [0.1, 0.15) is 97.3 Å². The molecular weight excluding hydrogens is 530 g/mol. The molecule has 0 aliphatic heterocycles. The van der Waals surface area contributed by atoms with Crippen LogP contribution >= 0.6 is 0 Å². The maximum absolute atomic E-state index is 12.3. The number of unbranched alkanes of at least 4 members (excludes halogenated alkanes) is 2. The normalized spacial score (nSPS) is 11.7. The highest BCUT2D eigenvalue weighted by Crippen LogP contribution is 2.31. The smallest absolute Gasteiger partial charge is 0.253 e. The van der Waals surface area contributed by atoms with Crippen molar-refractivity contribution in [2.45, 2.75) is 87.0 Å². The highest BCUT2D eigenvalue weighted by atomic mass is 16.2. The van der Waals surface area contributed by atoms with Crippen LogP contribution in [0.3, 0.4) is 0 Å². The number of carbonyl (C=O) groups excluding carboxylic acids is 2. The predicted octanol–water partition coefficient (Wildman–Crippen LogP) is 9.52. The van der Waals surface area contributed by atoms with E-state index in [1.54, 1.807) is 33.2 Å². The van der Waals surface area contributed by atoms with Crippen molar-refractivity contribution in [1.29, 1.82) is 0 Å². The Morgan fingerprint density at radius 1 is 0.907 bits per heavy atom. The lowest BCUT2D eigenvalue weighted by Gasteiger charge is -2.16. The summed E-state index contributed by atoms with van der Waals surface area (Å²) in [5.74, 6) is -0.0364. The van der Waals surface area contributed by atoms with Gasteiger partial charge in [-0.3, -0.25) is 9.59 Å². The molecular formula is C38H57N3O2. The number of Topliss-reactive ketones (excluding diaryl/α,β-unsaturated/α-hetero) is 1. The largest absolute Gasteiger partial charge is 0.399 e. The summed E-state index contributed by atoms with van der Waals surface area (Å²) in [4.78, 5) is 26.0. The number of amides is 1. The first-order valence-corrected chi connectivity index (χ1v) is 15.5. The molecule has 5 heteroatoms. The number of allylic oxidation sites excluding steroid dienone is 5. The Morgan fingerprint density at radius 3 is 1.95 bits per heavy atom. The Kier molecular flexibility index (Phi) is 19.8. The Morgan fingerprint density at radius 2 is 1.51 bits per heavy atom. The van der Waals surface area contributed by atoms with Crippen molar-refractivity contribution in [3.05, 3.63) is 95.1 Å². The molecule has 0 heterocycles. The second-order valence-corrected chi connectivity index (χ2v) is 10.8. The molecule has 0 aliphatic carbocycles. The lowest BCUT2D eigenvalue weighted by atomic mass is 9.92. The molecule has 0 fully saturated rings. The quantitative estimate of drug-likeness (QED) is 0.147. The van der Waals surface area contributed by atoms with E-state index in [4.69, 9.17) is 5.73 Å². The van der Waals surface area contributed by atoms with E-state index in [-0.39, 0.29) is 11.7 Å². The average molecular weight is 588 g/mol. The molecule has 236 valence electrons. The number of benzene rings is 2. The number of aryl methyl sites for hydroxylation is 1. The molecule has 5 nitrogen and oxygen atoms in total. The minimum Gasteiger partial charge on any atom is -0.399 e. The van der Waals surface area contributed by atoms with Crippen LogP contribution in [0.15, 0.2) is 78.4 Å². The summed E-state index contributed by atoms with van der Waals surface area (Å²) in [6.07, 6.45) is 12.4. The van der Waals surface area contributed by atoms with Crippen molar-refractivity contribution < 1.29 is 9.59 Å². The molecule has 0 unspecified atom stereocenters. The Balaban J connectivity index is 0.000000961. The third kappa shape index (κ3) is 14.2. The Bertz CT molecular complexity index is 1250. The first-order valence-electron chi connectivity index (χ1n) is 15.5. The molecule has 0 aromatic heterocycles.